The zero-order valence-corrected chi connectivity index (χ0v) is 29.9. The summed E-state index contributed by atoms with van der Waals surface area (Å²) in [6.45, 7) is 7.45. The second-order valence-electron chi connectivity index (χ2n) is 14.2. The van der Waals surface area contributed by atoms with Crippen molar-refractivity contribution in [2.24, 2.45) is 22.2 Å². The van der Waals surface area contributed by atoms with E-state index < -0.39 is 12.1 Å². The Bertz CT molecular complexity index is 1640. The van der Waals surface area contributed by atoms with Crippen LogP contribution < -0.4 is 16.5 Å². The lowest BCUT2D eigenvalue weighted by Gasteiger charge is -2.39. The number of aryl methyl sites for hydroxylation is 1. The molecule has 2 N–H and O–H groups in total. The van der Waals surface area contributed by atoms with Crippen LogP contribution >= 0.6 is 11.8 Å². The molecule has 48 heavy (non-hydrogen) atoms. The molecule has 2 heterocycles. The zero-order chi connectivity index (χ0) is 33.9. The summed E-state index contributed by atoms with van der Waals surface area (Å²) in [6, 6.07) is 19.0. The van der Waals surface area contributed by atoms with E-state index in [1.54, 1.807) is 11.8 Å². The van der Waals surface area contributed by atoms with Gasteiger partial charge >= 0.3 is 5.69 Å². The third-order valence-electron chi connectivity index (χ3n) is 11.2. The van der Waals surface area contributed by atoms with E-state index >= 15 is 0 Å². The van der Waals surface area contributed by atoms with Crippen molar-refractivity contribution < 1.29 is 4.79 Å². The van der Waals surface area contributed by atoms with Crippen LogP contribution in [0.1, 0.15) is 83.6 Å². The smallest absolute Gasteiger partial charge is 0.327 e. The summed E-state index contributed by atoms with van der Waals surface area (Å²) in [6.07, 6.45) is 10.7. The minimum atomic E-state index is -0.699. The molecule has 2 aromatic carbocycles. The van der Waals surface area contributed by atoms with Crippen LogP contribution in [0.3, 0.4) is 0 Å². The number of carbonyl (C=O) groups is 1. The molecule has 2 aliphatic rings. The Morgan fingerprint density at radius 1 is 1.04 bits per heavy atom. The van der Waals surface area contributed by atoms with E-state index in [1.165, 1.54) is 31.2 Å². The Morgan fingerprint density at radius 2 is 1.73 bits per heavy atom. The van der Waals surface area contributed by atoms with Gasteiger partial charge in [0.05, 0.1) is 11.6 Å². The highest BCUT2D eigenvalue weighted by molar-refractivity contribution is 7.98. The first kappa shape index (κ1) is 35.9. The van der Waals surface area contributed by atoms with E-state index in [-0.39, 0.29) is 11.6 Å². The van der Waals surface area contributed by atoms with Crippen molar-refractivity contribution in [2.75, 3.05) is 25.9 Å². The summed E-state index contributed by atoms with van der Waals surface area (Å²) in [5, 5.41) is 13.8. The normalized spacial score (nSPS) is 19.2. The maximum absolute atomic E-state index is 14.0. The van der Waals surface area contributed by atoms with E-state index in [0.717, 1.165) is 61.8 Å². The standard InChI is InChI=1S/C39H54N6O2S/c1-4-39(5-2)20-15-30(16-21-39)25-34(37(46)41-32(26-40)28-48-27-31-11-7-6-8-12-31)42-36-33-13-9-10-14-35(33)45(38(47)43-36)24-19-29-17-22-44(3)23-18-29/h6-14,29-30,32,34H,4-5,15-25,27-28H2,1-3H3,(H,41,46)(H,42,43,47). The average Bonchev–Trinajstić information content (AvgIpc) is 3.12. The molecule has 258 valence electrons. The first-order chi connectivity index (χ1) is 23.3. The number of carbonyl (C=O) groups excluding carboxylic acids is 1. The molecule has 2 unspecified atom stereocenters. The van der Waals surface area contributed by atoms with Crippen LogP contribution in [-0.4, -0.2) is 58.3 Å². The Balaban J connectivity index is 1.38. The molecule has 1 saturated heterocycles. The summed E-state index contributed by atoms with van der Waals surface area (Å²) in [7, 11) is 2.17. The van der Waals surface area contributed by atoms with E-state index in [4.69, 9.17) is 4.99 Å². The number of hydrogen-bond donors (Lipinski definition) is 2. The number of para-hydroxylation sites is 1. The SMILES string of the molecule is CCC1(CC)CCC(CC(N=c2[nH]c(=O)n(CCC3CCN(C)CC3)c3ccccc23)C(=O)NC(C#N)CSCc2ccccc2)CC1. The van der Waals surface area contributed by atoms with E-state index in [1.807, 2.05) is 47.0 Å². The fraction of sp³-hybridized carbons (Fsp3) is 0.590. The van der Waals surface area contributed by atoms with Crippen LogP contribution in [0.5, 0.6) is 0 Å². The lowest BCUT2D eigenvalue weighted by Crippen LogP contribution is -2.43. The highest BCUT2D eigenvalue weighted by atomic mass is 32.2. The largest absolute Gasteiger partial charge is 0.338 e. The molecule has 0 radical (unpaired) electrons. The lowest BCUT2D eigenvalue weighted by molar-refractivity contribution is -0.123. The van der Waals surface area contributed by atoms with Gasteiger partial charge in [0.2, 0.25) is 5.91 Å². The van der Waals surface area contributed by atoms with Gasteiger partial charge in [0.15, 0.2) is 0 Å². The molecule has 1 saturated carbocycles. The van der Waals surface area contributed by atoms with Crippen LogP contribution in [0.15, 0.2) is 64.4 Å². The van der Waals surface area contributed by atoms with Crippen molar-refractivity contribution in [3.05, 3.63) is 76.1 Å². The Hall–Kier alpha value is -3.35. The molecule has 2 atom stereocenters. The minimum Gasteiger partial charge on any atom is -0.338 e. The van der Waals surface area contributed by atoms with Gasteiger partial charge in [-0.15, -0.1) is 0 Å². The maximum atomic E-state index is 14.0. The van der Waals surface area contributed by atoms with Gasteiger partial charge in [0, 0.05) is 23.4 Å². The predicted octanol–water partition coefficient (Wildman–Crippen LogP) is 6.66. The molecule has 0 bridgehead atoms. The molecular weight excluding hydrogens is 617 g/mol. The second-order valence-corrected chi connectivity index (χ2v) is 15.2. The number of likely N-dealkylation sites (tertiary alicyclic amines) is 1. The van der Waals surface area contributed by atoms with Gasteiger partial charge in [-0.1, -0.05) is 69.2 Å². The van der Waals surface area contributed by atoms with E-state index in [0.29, 0.717) is 41.5 Å². The van der Waals surface area contributed by atoms with Gasteiger partial charge in [0.25, 0.3) is 0 Å². The molecule has 9 heteroatoms. The second kappa shape index (κ2) is 17.3. The lowest BCUT2D eigenvalue weighted by atomic mass is 9.66. The summed E-state index contributed by atoms with van der Waals surface area (Å²) < 4.78 is 1.84. The number of nitrogens with zero attached hydrogens (tertiary/aromatic N) is 4. The maximum Gasteiger partial charge on any atom is 0.327 e. The summed E-state index contributed by atoms with van der Waals surface area (Å²) >= 11 is 1.64. The summed E-state index contributed by atoms with van der Waals surface area (Å²) in [4.78, 5) is 38.1. The molecule has 2 fully saturated rings. The number of aromatic nitrogens is 2. The van der Waals surface area contributed by atoms with Gasteiger partial charge in [-0.2, -0.15) is 17.0 Å². The molecule has 5 rings (SSSR count). The van der Waals surface area contributed by atoms with Crippen molar-refractivity contribution in [1.82, 2.24) is 19.8 Å². The number of benzene rings is 2. The topological polar surface area (TPSA) is 106 Å². The minimum absolute atomic E-state index is 0.194. The average molecular weight is 671 g/mol. The Labute approximate surface area is 290 Å². The van der Waals surface area contributed by atoms with Crippen LogP contribution in [0, 0.1) is 28.6 Å². The van der Waals surface area contributed by atoms with Crippen molar-refractivity contribution in [3.8, 4) is 6.07 Å². The highest BCUT2D eigenvalue weighted by Crippen LogP contribution is 2.45. The van der Waals surface area contributed by atoms with Crippen LogP contribution in [0.2, 0.25) is 0 Å². The number of aromatic amines is 1. The van der Waals surface area contributed by atoms with Crippen molar-refractivity contribution in [3.63, 3.8) is 0 Å². The molecule has 1 aromatic heterocycles. The van der Waals surface area contributed by atoms with Gasteiger partial charge in [-0.3, -0.25) is 19.3 Å². The first-order valence-corrected chi connectivity index (χ1v) is 19.2. The van der Waals surface area contributed by atoms with Crippen LogP contribution in [-0.2, 0) is 17.1 Å². The van der Waals surface area contributed by atoms with Crippen molar-refractivity contribution >= 4 is 28.6 Å². The monoisotopic (exact) mass is 670 g/mol. The third-order valence-corrected chi connectivity index (χ3v) is 12.3. The number of nitriles is 1. The number of fused-ring (bicyclic) bond motifs is 1. The van der Waals surface area contributed by atoms with E-state index in [2.05, 4.69) is 54.3 Å². The quantitative estimate of drug-likeness (QED) is 0.200. The van der Waals surface area contributed by atoms with Gasteiger partial charge in [-0.25, -0.2) is 4.79 Å². The fourth-order valence-corrected chi connectivity index (χ4v) is 8.60. The number of H-pyrrole nitrogens is 1. The summed E-state index contributed by atoms with van der Waals surface area (Å²) in [5.41, 5.74) is 2.68. The Kier molecular flexibility index (Phi) is 13.0. The predicted molar refractivity (Wildman–Crippen MR) is 196 cm³/mol. The number of piperidine rings is 1. The number of nitrogens with one attached hydrogen (secondary N) is 2. The van der Waals surface area contributed by atoms with E-state index in [9.17, 15) is 14.9 Å². The molecule has 1 aliphatic heterocycles. The van der Waals surface area contributed by atoms with Crippen molar-refractivity contribution in [1.29, 1.82) is 5.26 Å². The van der Waals surface area contributed by atoms with Crippen LogP contribution in [0.4, 0.5) is 0 Å². The number of amides is 1. The summed E-state index contributed by atoms with van der Waals surface area (Å²) in [5.74, 6) is 2.00. The highest BCUT2D eigenvalue weighted by Gasteiger charge is 2.34. The molecule has 8 nitrogen and oxygen atoms in total. The number of hydrogen-bond acceptors (Lipinski definition) is 6. The number of thioether (sulfide) groups is 1. The molecular formula is C39H54N6O2S. The van der Waals surface area contributed by atoms with Gasteiger partial charge < -0.3 is 10.2 Å². The molecule has 1 amide bonds. The zero-order valence-electron chi connectivity index (χ0n) is 29.1. The fourth-order valence-electron chi connectivity index (χ4n) is 7.66. The Morgan fingerprint density at radius 3 is 2.42 bits per heavy atom. The third kappa shape index (κ3) is 9.41. The van der Waals surface area contributed by atoms with Crippen LogP contribution in [0.25, 0.3) is 10.9 Å². The van der Waals surface area contributed by atoms with Gasteiger partial charge in [-0.05, 0) is 106 Å². The molecule has 1 aliphatic carbocycles. The molecule has 0 spiro atoms. The number of rotatable bonds is 14. The molecule has 3 aromatic rings. The first-order valence-electron chi connectivity index (χ1n) is 18.1. The van der Waals surface area contributed by atoms with Crippen molar-refractivity contribution in [2.45, 2.75) is 102 Å². The van der Waals surface area contributed by atoms with Gasteiger partial charge in [0.1, 0.15) is 17.6 Å².